The van der Waals surface area contributed by atoms with Gasteiger partial charge in [-0.15, -0.1) is 0 Å². The van der Waals surface area contributed by atoms with Crippen LogP contribution in [-0.2, 0) is 18.3 Å². The van der Waals surface area contributed by atoms with Gasteiger partial charge < -0.3 is 0 Å². The molecule has 1 heterocycles. The van der Waals surface area contributed by atoms with Gasteiger partial charge >= 0.3 is 0 Å². The molecule has 1 aromatic heterocycles. The van der Waals surface area contributed by atoms with Gasteiger partial charge in [0, 0.05) is 16.8 Å². The summed E-state index contributed by atoms with van der Waals surface area (Å²) in [5, 5.41) is 0. The molecule has 0 atom stereocenters. The number of aromatic nitrogens is 1. The molecule has 13 heavy (non-hydrogen) atoms. The lowest BCUT2D eigenvalue weighted by atomic mass is 9.91. The molecule has 1 aliphatic carbocycles. The maximum atomic E-state index is 4.72. The predicted octanol–water partition coefficient (Wildman–Crippen LogP) is 2.87. The molecule has 0 spiro atoms. The van der Waals surface area contributed by atoms with E-state index in [-0.39, 0.29) is 5.41 Å². The number of fused-ring (bicyclic) bond motifs is 1. The summed E-state index contributed by atoms with van der Waals surface area (Å²) in [4.78, 5) is 4.72. The molecular weight excluding hydrogens is 158 g/mol. The minimum absolute atomic E-state index is 0.192. The maximum absolute atomic E-state index is 4.72. The average molecular weight is 175 g/mol. The highest BCUT2D eigenvalue weighted by molar-refractivity contribution is 5.29. The highest BCUT2D eigenvalue weighted by Gasteiger charge is 2.19. The topological polar surface area (TPSA) is 12.9 Å². The van der Waals surface area contributed by atoms with E-state index in [1.165, 1.54) is 36.2 Å². The van der Waals surface area contributed by atoms with Crippen molar-refractivity contribution < 1.29 is 0 Å². The van der Waals surface area contributed by atoms with E-state index in [0.29, 0.717) is 0 Å². The van der Waals surface area contributed by atoms with Gasteiger partial charge in [0.2, 0.25) is 0 Å². The zero-order valence-corrected chi connectivity index (χ0v) is 8.72. The standard InChI is InChI=1S/C12H17N/c1-12(2,3)11-8-7-9-5-4-6-10(9)13-11/h7-8H,4-6H2,1-3H3. The Balaban J connectivity index is 2.42. The lowest BCUT2D eigenvalue weighted by Gasteiger charge is -2.18. The van der Waals surface area contributed by atoms with Crippen molar-refractivity contribution >= 4 is 0 Å². The van der Waals surface area contributed by atoms with Crippen molar-refractivity contribution in [3.05, 3.63) is 29.1 Å². The van der Waals surface area contributed by atoms with Gasteiger partial charge in [0.05, 0.1) is 0 Å². The lowest BCUT2D eigenvalue weighted by molar-refractivity contribution is 0.566. The first kappa shape index (κ1) is 8.74. The van der Waals surface area contributed by atoms with Crippen LogP contribution in [0.1, 0.15) is 44.1 Å². The van der Waals surface area contributed by atoms with Crippen molar-refractivity contribution in [1.82, 2.24) is 4.98 Å². The summed E-state index contributed by atoms with van der Waals surface area (Å²) < 4.78 is 0. The molecule has 70 valence electrons. The monoisotopic (exact) mass is 175 g/mol. The molecule has 1 heteroatoms. The third-order valence-electron chi connectivity index (χ3n) is 2.70. The van der Waals surface area contributed by atoms with E-state index in [1.54, 1.807) is 0 Å². The molecule has 0 radical (unpaired) electrons. The van der Waals surface area contributed by atoms with Gasteiger partial charge in [-0.25, -0.2) is 0 Å². The van der Waals surface area contributed by atoms with Crippen LogP contribution in [0.4, 0.5) is 0 Å². The zero-order chi connectivity index (χ0) is 9.47. The van der Waals surface area contributed by atoms with Gasteiger partial charge in [-0.05, 0) is 30.9 Å². The summed E-state index contributed by atoms with van der Waals surface area (Å²) in [5.41, 5.74) is 4.23. The van der Waals surface area contributed by atoms with Crippen molar-refractivity contribution in [3.8, 4) is 0 Å². The first-order valence-corrected chi connectivity index (χ1v) is 5.07. The molecule has 2 rings (SSSR count). The number of rotatable bonds is 0. The quantitative estimate of drug-likeness (QED) is 0.591. The smallest absolute Gasteiger partial charge is 0.0460 e. The Morgan fingerprint density at radius 3 is 2.62 bits per heavy atom. The van der Waals surface area contributed by atoms with Crippen LogP contribution < -0.4 is 0 Å². The van der Waals surface area contributed by atoms with E-state index in [1.807, 2.05) is 0 Å². The van der Waals surface area contributed by atoms with Crippen LogP contribution in [0, 0.1) is 0 Å². The molecule has 0 aromatic carbocycles. The van der Waals surface area contributed by atoms with Gasteiger partial charge in [-0.2, -0.15) is 0 Å². The predicted molar refractivity (Wildman–Crippen MR) is 55.0 cm³/mol. The van der Waals surface area contributed by atoms with Crippen LogP contribution in [0.5, 0.6) is 0 Å². The molecule has 0 saturated heterocycles. The third kappa shape index (κ3) is 1.60. The van der Waals surface area contributed by atoms with Crippen LogP contribution in [0.2, 0.25) is 0 Å². The van der Waals surface area contributed by atoms with E-state index in [2.05, 4.69) is 32.9 Å². The fourth-order valence-corrected chi connectivity index (χ4v) is 1.84. The molecule has 0 bridgehead atoms. The van der Waals surface area contributed by atoms with Crippen LogP contribution in [0.15, 0.2) is 12.1 Å². The van der Waals surface area contributed by atoms with Gasteiger partial charge in [0.1, 0.15) is 0 Å². The summed E-state index contributed by atoms with van der Waals surface area (Å²) in [5.74, 6) is 0. The number of hydrogen-bond donors (Lipinski definition) is 0. The van der Waals surface area contributed by atoms with Crippen molar-refractivity contribution in [2.24, 2.45) is 0 Å². The Kier molecular flexibility index (Phi) is 1.90. The Morgan fingerprint density at radius 1 is 1.15 bits per heavy atom. The Bertz CT molecular complexity index is 320. The third-order valence-corrected chi connectivity index (χ3v) is 2.70. The summed E-state index contributed by atoms with van der Waals surface area (Å²) in [6.07, 6.45) is 3.70. The molecular formula is C12H17N. The molecule has 1 aromatic rings. The van der Waals surface area contributed by atoms with Crippen molar-refractivity contribution in [2.75, 3.05) is 0 Å². The number of nitrogens with zero attached hydrogens (tertiary/aromatic N) is 1. The Hall–Kier alpha value is -0.850. The van der Waals surface area contributed by atoms with Crippen molar-refractivity contribution in [2.45, 2.75) is 45.4 Å². The summed E-state index contributed by atoms with van der Waals surface area (Å²) in [6, 6.07) is 4.44. The van der Waals surface area contributed by atoms with E-state index in [4.69, 9.17) is 4.98 Å². The van der Waals surface area contributed by atoms with Crippen LogP contribution >= 0.6 is 0 Å². The van der Waals surface area contributed by atoms with E-state index in [0.717, 1.165) is 0 Å². The molecule has 0 aliphatic heterocycles. The molecule has 0 amide bonds. The van der Waals surface area contributed by atoms with Crippen molar-refractivity contribution in [1.29, 1.82) is 0 Å². The minimum atomic E-state index is 0.192. The second-order valence-corrected chi connectivity index (χ2v) is 4.91. The van der Waals surface area contributed by atoms with Crippen LogP contribution in [0.25, 0.3) is 0 Å². The highest BCUT2D eigenvalue weighted by Crippen LogP contribution is 2.25. The van der Waals surface area contributed by atoms with Gasteiger partial charge in [0.15, 0.2) is 0 Å². The van der Waals surface area contributed by atoms with E-state index in [9.17, 15) is 0 Å². The molecule has 0 fully saturated rings. The van der Waals surface area contributed by atoms with Crippen LogP contribution in [0.3, 0.4) is 0 Å². The second-order valence-electron chi connectivity index (χ2n) is 4.91. The first-order chi connectivity index (χ1) is 6.07. The second kappa shape index (κ2) is 2.83. The fraction of sp³-hybridized carbons (Fsp3) is 0.583. The molecule has 0 saturated carbocycles. The fourth-order valence-electron chi connectivity index (χ4n) is 1.84. The largest absolute Gasteiger partial charge is 0.257 e. The summed E-state index contributed by atoms with van der Waals surface area (Å²) in [6.45, 7) is 6.66. The van der Waals surface area contributed by atoms with E-state index < -0.39 is 0 Å². The molecule has 0 N–H and O–H groups in total. The number of aryl methyl sites for hydroxylation is 2. The Labute approximate surface area is 80.2 Å². The molecule has 1 aliphatic rings. The highest BCUT2D eigenvalue weighted by atomic mass is 14.7. The average Bonchev–Trinajstić information content (AvgIpc) is 2.47. The Morgan fingerprint density at radius 2 is 1.92 bits per heavy atom. The molecule has 0 unspecified atom stereocenters. The van der Waals surface area contributed by atoms with Crippen LogP contribution in [-0.4, -0.2) is 4.98 Å². The SMILES string of the molecule is CC(C)(C)c1ccc2c(n1)CCC2. The maximum Gasteiger partial charge on any atom is 0.0460 e. The minimum Gasteiger partial charge on any atom is -0.257 e. The van der Waals surface area contributed by atoms with Gasteiger partial charge in [0.25, 0.3) is 0 Å². The zero-order valence-electron chi connectivity index (χ0n) is 8.72. The number of hydrogen-bond acceptors (Lipinski definition) is 1. The lowest BCUT2D eigenvalue weighted by Crippen LogP contribution is -2.14. The summed E-state index contributed by atoms with van der Waals surface area (Å²) >= 11 is 0. The normalized spacial score (nSPS) is 15.9. The van der Waals surface area contributed by atoms with Gasteiger partial charge in [-0.1, -0.05) is 26.8 Å². The number of pyridine rings is 1. The van der Waals surface area contributed by atoms with Gasteiger partial charge in [-0.3, -0.25) is 4.98 Å². The summed E-state index contributed by atoms with van der Waals surface area (Å²) in [7, 11) is 0. The first-order valence-electron chi connectivity index (χ1n) is 5.07. The molecule has 1 nitrogen and oxygen atoms in total. The van der Waals surface area contributed by atoms with Crippen molar-refractivity contribution in [3.63, 3.8) is 0 Å². The van der Waals surface area contributed by atoms with E-state index >= 15 is 0 Å².